The van der Waals surface area contributed by atoms with E-state index in [0.29, 0.717) is 23.7 Å². The number of benzene rings is 2. The van der Waals surface area contributed by atoms with Crippen molar-refractivity contribution < 1.29 is 14.6 Å². The summed E-state index contributed by atoms with van der Waals surface area (Å²) in [7, 11) is 0. The number of nitrogens with one attached hydrogen (secondary N) is 2. The molecule has 1 amide bonds. The number of amides is 1. The number of hydrogen-bond acceptors (Lipinski definition) is 5. The number of carbonyl (C=O) groups excluding carboxylic acids is 1. The first-order valence-electron chi connectivity index (χ1n) is 9.42. The van der Waals surface area contributed by atoms with Crippen molar-refractivity contribution in [1.82, 2.24) is 14.8 Å². The fraction of sp³-hybridized carbons (Fsp3) is 0.136. The molecule has 0 spiro atoms. The number of anilines is 1. The Hall–Kier alpha value is -4.07. The zero-order valence-corrected chi connectivity index (χ0v) is 16.5. The lowest BCUT2D eigenvalue weighted by atomic mass is 10.2. The summed E-state index contributed by atoms with van der Waals surface area (Å²) < 4.78 is 6.88. The highest BCUT2D eigenvalue weighted by Crippen LogP contribution is 2.27. The third-order valence-electron chi connectivity index (χ3n) is 4.62. The molecule has 3 N–H and O–H groups in total. The van der Waals surface area contributed by atoms with Gasteiger partial charge in [0.05, 0.1) is 23.9 Å². The van der Waals surface area contributed by atoms with Crippen LogP contribution in [-0.4, -0.2) is 32.4 Å². The van der Waals surface area contributed by atoms with E-state index in [1.807, 2.05) is 38.1 Å². The molecule has 0 bridgehead atoms. The first-order valence-corrected chi connectivity index (χ1v) is 9.42. The molecule has 4 aromatic rings. The third kappa shape index (κ3) is 3.50. The number of aromatic amines is 1. The number of aryl methyl sites for hydroxylation is 1. The van der Waals surface area contributed by atoms with Crippen molar-refractivity contribution in [3.8, 4) is 17.2 Å². The van der Waals surface area contributed by atoms with Crippen molar-refractivity contribution >= 4 is 22.6 Å². The minimum atomic E-state index is -0.719. The molecule has 152 valence electrons. The fourth-order valence-electron chi connectivity index (χ4n) is 3.22. The average Bonchev–Trinajstić information content (AvgIpc) is 3.14. The Morgan fingerprint density at radius 3 is 2.70 bits per heavy atom. The van der Waals surface area contributed by atoms with Gasteiger partial charge in [-0.2, -0.15) is 5.10 Å². The van der Waals surface area contributed by atoms with Gasteiger partial charge in [0, 0.05) is 5.69 Å². The smallest absolute Gasteiger partial charge is 0.266 e. The van der Waals surface area contributed by atoms with Gasteiger partial charge in [0.15, 0.2) is 0 Å². The Kier molecular flexibility index (Phi) is 4.97. The second kappa shape index (κ2) is 7.75. The van der Waals surface area contributed by atoms with Crippen LogP contribution in [0.1, 0.15) is 22.8 Å². The first kappa shape index (κ1) is 19.3. The molecule has 4 rings (SSSR count). The van der Waals surface area contributed by atoms with Crippen molar-refractivity contribution in [3.63, 3.8) is 0 Å². The van der Waals surface area contributed by atoms with Crippen molar-refractivity contribution in [3.05, 3.63) is 76.2 Å². The summed E-state index contributed by atoms with van der Waals surface area (Å²) in [5.41, 5.74) is 1.44. The van der Waals surface area contributed by atoms with Crippen LogP contribution in [0.15, 0.2) is 59.5 Å². The summed E-state index contributed by atoms with van der Waals surface area (Å²) in [5.74, 6) is -0.472. The standard InChI is InChI=1S/C22H20N4O4/c1-3-30-16-9-7-14(8-10-16)24-21(28)18-19(27)17-12-23-26(20(17)25-22(18)29)15-6-4-5-13(2)11-15/h4-12H,3H2,1-2H3,(H,24,28)(H2,25,27,29). The zero-order chi connectivity index (χ0) is 21.3. The molecule has 0 unspecified atom stereocenters. The van der Waals surface area contributed by atoms with Gasteiger partial charge in [-0.3, -0.25) is 9.59 Å². The number of fused-ring (bicyclic) bond motifs is 1. The van der Waals surface area contributed by atoms with Crippen LogP contribution >= 0.6 is 0 Å². The molecule has 0 saturated carbocycles. The highest BCUT2D eigenvalue weighted by molar-refractivity contribution is 6.08. The number of rotatable bonds is 5. The fourth-order valence-corrected chi connectivity index (χ4v) is 3.22. The molecule has 0 saturated heterocycles. The molecule has 0 atom stereocenters. The maximum Gasteiger partial charge on any atom is 0.266 e. The molecule has 0 aliphatic rings. The number of ether oxygens (including phenoxy) is 1. The van der Waals surface area contributed by atoms with Crippen LogP contribution in [0.3, 0.4) is 0 Å². The molecule has 30 heavy (non-hydrogen) atoms. The Labute approximate surface area is 171 Å². The topological polar surface area (TPSA) is 109 Å². The Bertz CT molecular complexity index is 1290. The lowest BCUT2D eigenvalue weighted by Crippen LogP contribution is -2.23. The van der Waals surface area contributed by atoms with Gasteiger partial charge in [-0.05, 0) is 55.8 Å². The third-order valence-corrected chi connectivity index (χ3v) is 4.62. The zero-order valence-electron chi connectivity index (χ0n) is 16.5. The quantitative estimate of drug-likeness (QED) is 0.472. The Balaban J connectivity index is 1.70. The number of H-pyrrole nitrogens is 1. The number of carbonyl (C=O) groups is 1. The van der Waals surface area contributed by atoms with Gasteiger partial charge in [0.25, 0.3) is 11.5 Å². The lowest BCUT2D eigenvalue weighted by molar-refractivity contribution is 0.102. The van der Waals surface area contributed by atoms with E-state index in [1.165, 1.54) is 10.9 Å². The Morgan fingerprint density at radius 1 is 1.23 bits per heavy atom. The molecule has 0 aliphatic carbocycles. The molecule has 0 radical (unpaired) electrons. The molecule has 8 nitrogen and oxygen atoms in total. The number of nitrogens with zero attached hydrogens (tertiary/aromatic N) is 2. The van der Waals surface area contributed by atoms with Crippen molar-refractivity contribution in [2.24, 2.45) is 0 Å². The minimum absolute atomic E-state index is 0.271. The highest BCUT2D eigenvalue weighted by Gasteiger charge is 2.22. The number of pyridine rings is 1. The van der Waals surface area contributed by atoms with E-state index in [2.05, 4.69) is 15.4 Å². The van der Waals surface area contributed by atoms with E-state index in [9.17, 15) is 14.7 Å². The summed E-state index contributed by atoms with van der Waals surface area (Å²) >= 11 is 0. The van der Waals surface area contributed by atoms with Crippen LogP contribution in [0, 0.1) is 6.92 Å². The Morgan fingerprint density at radius 2 is 2.00 bits per heavy atom. The minimum Gasteiger partial charge on any atom is -0.506 e. The SMILES string of the molecule is CCOc1ccc(NC(=O)c2c(O)c3cnn(-c4cccc(C)c4)c3[nH]c2=O)cc1. The molecule has 2 aromatic heterocycles. The second-order valence-electron chi connectivity index (χ2n) is 6.75. The summed E-state index contributed by atoms with van der Waals surface area (Å²) in [4.78, 5) is 28.0. The van der Waals surface area contributed by atoms with Crippen LogP contribution in [0.5, 0.6) is 11.5 Å². The van der Waals surface area contributed by atoms with E-state index in [1.54, 1.807) is 24.3 Å². The molecular formula is C22H20N4O4. The van der Waals surface area contributed by atoms with E-state index in [0.717, 1.165) is 11.3 Å². The molecule has 8 heteroatoms. The molecule has 2 heterocycles. The van der Waals surface area contributed by atoms with Gasteiger partial charge in [0.1, 0.15) is 22.7 Å². The largest absolute Gasteiger partial charge is 0.506 e. The van der Waals surface area contributed by atoms with Gasteiger partial charge in [0.2, 0.25) is 0 Å². The molecule has 2 aromatic carbocycles. The van der Waals surface area contributed by atoms with Gasteiger partial charge in [-0.15, -0.1) is 0 Å². The highest BCUT2D eigenvalue weighted by atomic mass is 16.5. The van der Waals surface area contributed by atoms with E-state index >= 15 is 0 Å². The van der Waals surface area contributed by atoms with Crippen LogP contribution < -0.4 is 15.6 Å². The van der Waals surface area contributed by atoms with E-state index in [4.69, 9.17) is 4.74 Å². The molecule has 0 fully saturated rings. The second-order valence-corrected chi connectivity index (χ2v) is 6.75. The maximum atomic E-state index is 12.7. The average molecular weight is 404 g/mol. The lowest BCUT2D eigenvalue weighted by Gasteiger charge is -2.09. The first-order chi connectivity index (χ1) is 14.5. The van der Waals surface area contributed by atoms with Crippen molar-refractivity contribution in [1.29, 1.82) is 0 Å². The maximum absolute atomic E-state index is 12.7. The van der Waals surface area contributed by atoms with Crippen LogP contribution in [0.4, 0.5) is 5.69 Å². The van der Waals surface area contributed by atoms with Gasteiger partial charge >= 0.3 is 0 Å². The number of hydrogen-bond donors (Lipinski definition) is 3. The van der Waals surface area contributed by atoms with Crippen LogP contribution in [0.25, 0.3) is 16.7 Å². The van der Waals surface area contributed by atoms with Crippen LogP contribution in [-0.2, 0) is 0 Å². The summed E-state index contributed by atoms with van der Waals surface area (Å²) in [5, 5.41) is 17.8. The van der Waals surface area contributed by atoms with Gasteiger partial charge in [-0.25, -0.2) is 4.68 Å². The summed E-state index contributed by atoms with van der Waals surface area (Å²) in [6.07, 6.45) is 1.41. The van der Waals surface area contributed by atoms with Gasteiger partial charge in [-0.1, -0.05) is 12.1 Å². The summed E-state index contributed by atoms with van der Waals surface area (Å²) in [6.45, 7) is 4.35. The molecular weight excluding hydrogens is 384 g/mol. The number of aromatic hydroxyl groups is 1. The monoisotopic (exact) mass is 404 g/mol. The van der Waals surface area contributed by atoms with E-state index < -0.39 is 17.2 Å². The summed E-state index contributed by atoms with van der Waals surface area (Å²) in [6, 6.07) is 14.3. The van der Waals surface area contributed by atoms with Crippen LogP contribution in [0.2, 0.25) is 0 Å². The van der Waals surface area contributed by atoms with Crippen molar-refractivity contribution in [2.45, 2.75) is 13.8 Å². The van der Waals surface area contributed by atoms with Gasteiger partial charge < -0.3 is 20.1 Å². The predicted octanol–water partition coefficient (Wildman–Crippen LogP) is 3.38. The predicted molar refractivity (Wildman–Crippen MR) is 114 cm³/mol. The number of aromatic nitrogens is 3. The van der Waals surface area contributed by atoms with Crippen molar-refractivity contribution in [2.75, 3.05) is 11.9 Å². The normalized spacial score (nSPS) is 10.9. The van der Waals surface area contributed by atoms with E-state index in [-0.39, 0.29) is 10.9 Å². The molecule has 0 aliphatic heterocycles.